The minimum absolute atomic E-state index is 0.142. The summed E-state index contributed by atoms with van der Waals surface area (Å²) in [5.41, 5.74) is 0. The van der Waals surface area contributed by atoms with Gasteiger partial charge in [-0.3, -0.25) is 9.59 Å². The number of nitrogens with one attached hydrogen (secondary N) is 1. The fourth-order valence-electron chi connectivity index (χ4n) is 2.21. The van der Waals surface area contributed by atoms with Crippen LogP contribution >= 0.6 is 11.5 Å². The number of carboxylic acid groups (broad SMARTS) is 1. The molecule has 1 fully saturated rings. The molecule has 18 heavy (non-hydrogen) atoms. The normalized spacial score (nSPS) is 23.6. The summed E-state index contributed by atoms with van der Waals surface area (Å²) in [6.45, 7) is 1.76. The van der Waals surface area contributed by atoms with Gasteiger partial charge in [0.2, 0.25) is 11.0 Å². The van der Waals surface area contributed by atoms with E-state index in [1.807, 2.05) is 0 Å². The van der Waals surface area contributed by atoms with Gasteiger partial charge in [-0.15, -0.1) is 0 Å². The standard InChI is InChI=1S/C11H15N3O3S/c1-6-12-11(18-14-6)13-9(15)7-3-2-4-8(5-7)10(16)17/h7-8H,2-5H2,1H3,(H,16,17)(H,12,13,14,15). The summed E-state index contributed by atoms with van der Waals surface area (Å²) in [6, 6.07) is 0. The Bertz CT molecular complexity index is 460. The molecule has 1 heterocycles. The number of anilines is 1. The summed E-state index contributed by atoms with van der Waals surface area (Å²) >= 11 is 1.14. The molecule has 98 valence electrons. The van der Waals surface area contributed by atoms with Crippen LogP contribution in [-0.2, 0) is 9.59 Å². The third-order valence-corrected chi connectivity index (χ3v) is 3.87. The van der Waals surface area contributed by atoms with Gasteiger partial charge < -0.3 is 10.4 Å². The Morgan fingerprint density at radius 3 is 2.72 bits per heavy atom. The van der Waals surface area contributed by atoms with Crippen LogP contribution in [0.15, 0.2) is 0 Å². The average molecular weight is 269 g/mol. The molecule has 1 aliphatic carbocycles. The van der Waals surface area contributed by atoms with E-state index < -0.39 is 11.9 Å². The molecule has 0 aromatic carbocycles. The lowest BCUT2D eigenvalue weighted by atomic mass is 9.81. The fraction of sp³-hybridized carbons (Fsp3) is 0.636. The minimum Gasteiger partial charge on any atom is -0.481 e. The number of amides is 1. The highest BCUT2D eigenvalue weighted by Gasteiger charge is 2.31. The van der Waals surface area contributed by atoms with Crippen LogP contribution in [0.2, 0.25) is 0 Å². The Labute approximate surface area is 109 Å². The number of aliphatic carboxylic acids is 1. The maximum atomic E-state index is 12.0. The van der Waals surface area contributed by atoms with E-state index >= 15 is 0 Å². The van der Waals surface area contributed by atoms with Gasteiger partial charge in [0, 0.05) is 17.5 Å². The summed E-state index contributed by atoms with van der Waals surface area (Å²) in [6.07, 6.45) is 2.60. The zero-order valence-corrected chi connectivity index (χ0v) is 10.9. The second kappa shape index (κ2) is 5.43. The van der Waals surface area contributed by atoms with E-state index in [1.54, 1.807) is 6.92 Å². The van der Waals surface area contributed by atoms with Crippen molar-refractivity contribution in [2.24, 2.45) is 11.8 Å². The van der Waals surface area contributed by atoms with Crippen LogP contribution in [0.5, 0.6) is 0 Å². The first-order chi connectivity index (χ1) is 8.56. The van der Waals surface area contributed by atoms with Gasteiger partial charge >= 0.3 is 5.97 Å². The van der Waals surface area contributed by atoms with Crippen molar-refractivity contribution >= 4 is 28.5 Å². The van der Waals surface area contributed by atoms with E-state index in [4.69, 9.17) is 5.11 Å². The van der Waals surface area contributed by atoms with Crippen LogP contribution in [0, 0.1) is 18.8 Å². The van der Waals surface area contributed by atoms with Crippen molar-refractivity contribution in [3.63, 3.8) is 0 Å². The molecule has 1 amide bonds. The molecule has 0 radical (unpaired) electrons. The molecule has 0 aliphatic heterocycles. The molecule has 0 spiro atoms. The number of carbonyl (C=O) groups is 2. The lowest BCUT2D eigenvalue weighted by Crippen LogP contribution is -2.30. The van der Waals surface area contributed by atoms with Crippen molar-refractivity contribution in [3.8, 4) is 0 Å². The first kappa shape index (κ1) is 12.9. The first-order valence-electron chi connectivity index (χ1n) is 5.90. The number of aromatic nitrogens is 2. The van der Waals surface area contributed by atoms with Gasteiger partial charge in [0.15, 0.2) is 0 Å². The van der Waals surface area contributed by atoms with Gasteiger partial charge in [-0.2, -0.15) is 4.37 Å². The zero-order valence-electron chi connectivity index (χ0n) is 10.0. The summed E-state index contributed by atoms with van der Waals surface area (Å²) < 4.78 is 3.98. The number of hydrogen-bond acceptors (Lipinski definition) is 5. The molecule has 1 saturated carbocycles. The van der Waals surface area contributed by atoms with Crippen LogP contribution in [0.4, 0.5) is 5.13 Å². The quantitative estimate of drug-likeness (QED) is 0.870. The number of nitrogens with zero attached hydrogens (tertiary/aromatic N) is 2. The molecule has 1 aromatic heterocycles. The van der Waals surface area contributed by atoms with Crippen molar-refractivity contribution in [1.29, 1.82) is 0 Å². The van der Waals surface area contributed by atoms with Crippen molar-refractivity contribution < 1.29 is 14.7 Å². The van der Waals surface area contributed by atoms with Crippen molar-refractivity contribution in [2.75, 3.05) is 5.32 Å². The number of carbonyl (C=O) groups excluding carboxylic acids is 1. The SMILES string of the molecule is Cc1nsc(NC(=O)C2CCCC(C(=O)O)C2)n1. The van der Waals surface area contributed by atoms with E-state index in [1.165, 1.54) is 0 Å². The van der Waals surface area contributed by atoms with Gasteiger partial charge in [-0.25, -0.2) is 4.98 Å². The maximum absolute atomic E-state index is 12.0. The number of carboxylic acids is 1. The van der Waals surface area contributed by atoms with E-state index in [-0.39, 0.29) is 11.8 Å². The highest BCUT2D eigenvalue weighted by atomic mass is 32.1. The van der Waals surface area contributed by atoms with Gasteiger partial charge in [0.25, 0.3) is 0 Å². The van der Waals surface area contributed by atoms with Crippen LogP contribution in [0.1, 0.15) is 31.5 Å². The van der Waals surface area contributed by atoms with Crippen LogP contribution in [0.3, 0.4) is 0 Å². The smallest absolute Gasteiger partial charge is 0.306 e. The molecule has 6 nitrogen and oxygen atoms in total. The average Bonchev–Trinajstić information content (AvgIpc) is 2.75. The molecule has 2 N–H and O–H groups in total. The largest absolute Gasteiger partial charge is 0.481 e. The number of aryl methyl sites for hydroxylation is 1. The molecular formula is C11H15N3O3S. The lowest BCUT2D eigenvalue weighted by molar-refractivity contribution is -0.143. The third-order valence-electron chi connectivity index (χ3n) is 3.15. The molecule has 2 atom stereocenters. The molecule has 1 aromatic rings. The van der Waals surface area contributed by atoms with E-state index in [0.717, 1.165) is 24.4 Å². The predicted molar refractivity (Wildman–Crippen MR) is 66.4 cm³/mol. The third kappa shape index (κ3) is 3.04. The van der Waals surface area contributed by atoms with Crippen LogP contribution in [-0.4, -0.2) is 26.3 Å². The lowest BCUT2D eigenvalue weighted by Gasteiger charge is -2.25. The van der Waals surface area contributed by atoms with Crippen molar-refractivity contribution in [3.05, 3.63) is 5.82 Å². The molecule has 2 rings (SSSR count). The molecule has 0 bridgehead atoms. The Balaban J connectivity index is 1.94. The Morgan fingerprint density at radius 1 is 1.39 bits per heavy atom. The highest BCUT2D eigenvalue weighted by molar-refractivity contribution is 7.09. The van der Waals surface area contributed by atoms with Gasteiger partial charge in [-0.1, -0.05) is 6.42 Å². The number of rotatable bonds is 3. The van der Waals surface area contributed by atoms with Gasteiger partial charge in [0.1, 0.15) is 5.82 Å². The zero-order chi connectivity index (χ0) is 13.1. The second-order valence-corrected chi connectivity index (χ2v) is 5.29. The molecule has 0 saturated heterocycles. The Morgan fingerprint density at radius 2 is 2.11 bits per heavy atom. The first-order valence-corrected chi connectivity index (χ1v) is 6.67. The summed E-state index contributed by atoms with van der Waals surface area (Å²) in [5.74, 6) is -0.951. The summed E-state index contributed by atoms with van der Waals surface area (Å²) in [7, 11) is 0. The van der Waals surface area contributed by atoms with E-state index in [0.29, 0.717) is 23.8 Å². The molecule has 2 unspecified atom stereocenters. The van der Waals surface area contributed by atoms with E-state index in [9.17, 15) is 9.59 Å². The molecule has 1 aliphatic rings. The second-order valence-electron chi connectivity index (χ2n) is 4.53. The summed E-state index contributed by atoms with van der Waals surface area (Å²) in [4.78, 5) is 27.0. The monoisotopic (exact) mass is 269 g/mol. The predicted octanol–water partition coefficient (Wildman–Crippen LogP) is 1.68. The Kier molecular flexibility index (Phi) is 3.90. The maximum Gasteiger partial charge on any atom is 0.306 e. The fourth-order valence-corrected chi connectivity index (χ4v) is 2.79. The molecule has 7 heteroatoms. The minimum atomic E-state index is -0.806. The summed E-state index contributed by atoms with van der Waals surface area (Å²) in [5, 5.41) is 12.2. The molecular weight excluding hydrogens is 254 g/mol. The topological polar surface area (TPSA) is 92.2 Å². The van der Waals surface area contributed by atoms with Crippen LogP contribution < -0.4 is 5.32 Å². The van der Waals surface area contributed by atoms with Gasteiger partial charge in [0.05, 0.1) is 5.92 Å². The van der Waals surface area contributed by atoms with Crippen molar-refractivity contribution in [2.45, 2.75) is 32.6 Å². The van der Waals surface area contributed by atoms with E-state index in [2.05, 4.69) is 14.7 Å². The van der Waals surface area contributed by atoms with Gasteiger partial charge in [-0.05, 0) is 26.2 Å². The van der Waals surface area contributed by atoms with Crippen LogP contribution in [0.25, 0.3) is 0 Å². The number of hydrogen-bond donors (Lipinski definition) is 2. The highest BCUT2D eigenvalue weighted by Crippen LogP contribution is 2.30. The van der Waals surface area contributed by atoms with Crippen molar-refractivity contribution in [1.82, 2.24) is 9.36 Å². The Hall–Kier alpha value is -1.50.